The maximum absolute atomic E-state index is 12.9. The molecule has 176 valence electrons. The smallest absolute Gasteiger partial charge is 0.225 e. The minimum absolute atomic E-state index is 0.0309. The van der Waals surface area contributed by atoms with Crippen molar-refractivity contribution < 1.29 is 14.4 Å². The molecular weight excluding hydrogens is 418 g/mol. The Bertz CT molecular complexity index is 1110. The van der Waals surface area contributed by atoms with Gasteiger partial charge in [-0.05, 0) is 50.7 Å². The Kier molecular flexibility index (Phi) is 6.93. The van der Waals surface area contributed by atoms with Crippen molar-refractivity contribution in [3.63, 3.8) is 0 Å². The van der Waals surface area contributed by atoms with E-state index in [2.05, 4.69) is 39.1 Å². The number of carbonyl (C=O) groups excluding carboxylic acids is 1. The molecule has 3 aromatic rings. The lowest BCUT2D eigenvalue weighted by Crippen LogP contribution is -2.19. The van der Waals surface area contributed by atoms with Crippen molar-refractivity contribution in [1.82, 2.24) is 19.9 Å². The molecule has 0 bridgehead atoms. The van der Waals surface area contributed by atoms with Gasteiger partial charge >= 0.3 is 0 Å². The third-order valence-corrected chi connectivity index (χ3v) is 5.96. The topological polar surface area (TPSA) is 106 Å². The van der Waals surface area contributed by atoms with Crippen molar-refractivity contribution in [3.8, 4) is 11.5 Å². The zero-order valence-corrected chi connectivity index (χ0v) is 19.8. The molecule has 1 atom stereocenters. The highest BCUT2D eigenvalue weighted by Gasteiger charge is 2.34. The van der Waals surface area contributed by atoms with Crippen LogP contribution in [0.4, 0.5) is 5.69 Å². The van der Waals surface area contributed by atoms with E-state index in [1.807, 2.05) is 38.1 Å². The Morgan fingerprint density at radius 2 is 2.03 bits per heavy atom. The minimum atomic E-state index is -0.246. The first kappa shape index (κ1) is 23.2. The summed E-state index contributed by atoms with van der Waals surface area (Å²) in [5.41, 5.74) is 3.64. The average molecular weight is 452 g/mol. The van der Waals surface area contributed by atoms with Crippen LogP contribution in [0.3, 0.4) is 0 Å². The van der Waals surface area contributed by atoms with Crippen LogP contribution in [-0.2, 0) is 11.2 Å². The van der Waals surface area contributed by atoms with Gasteiger partial charge in [-0.1, -0.05) is 36.7 Å². The van der Waals surface area contributed by atoms with E-state index in [1.54, 1.807) is 0 Å². The third-order valence-electron chi connectivity index (χ3n) is 5.96. The standard InChI is InChI=1S/C25H33N5O3/c1-15(2)11-20-14-22(29-33-20)25-28-27-24(30(25)19-6-7-19)18(9-10-31)13-23(32)26-21-8-5-16(3)12-17(21)4/h5,8,12,14-15,18-19,31H,6-7,9-11,13H2,1-4H3,(H,26,32)/t18-/m1/s1. The zero-order valence-electron chi connectivity index (χ0n) is 19.8. The van der Waals surface area contributed by atoms with E-state index >= 15 is 0 Å². The summed E-state index contributed by atoms with van der Waals surface area (Å²) < 4.78 is 7.62. The second-order valence-electron chi connectivity index (χ2n) is 9.54. The highest BCUT2D eigenvalue weighted by molar-refractivity contribution is 5.92. The summed E-state index contributed by atoms with van der Waals surface area (Å²) >= 11 is 0. The van der Waals surface area contributed by atoms with Crippen LogP contribution in [0, 0.1) is 19.8 Å². The lowest BCUT2D eigenvalue weighted by Gasteiger charge is -2.17. The van der Waals surface area contributed by atoms with Crippen LogP contribution in [-0.4, -0.2) is 37.5 Å². The number of hydrogen-bond acceptors (Lipinski definition) is 6. The van der Waals surface area contributed by atoms with E-state index in [-0.39, 0.29) is 24.9 Å². The number of aryl methyl sites for hydroxylation is 2. The molecule has 0 spiro atoms. The minimum Gasteiger partial charge on any atom is -0.396 e. The Balaban J connectivity index is 1.57. The maximum Gasteiger partial charge on any atom is 0.225 e. The maximum atomic E-state index is 12.9. The van der Waals surface area contributed by atoms with Crippen molar-refractivity contribution in [1.29, 1.82) is 0 Å². The van der Waals surface area contributed by atoms with Gasteiger partial charge in [-0.2, -0.15) is 0 Å². The first-order chi connectivity index (χ1) is 15.9. The Morgan fingerprint density at radius 1 is 1.24 bits per heavy atom. The molecule has 0 radical (unpaired) electrons. The van der Waals surface area contributed by atoms with Crippen molar-refractivity contribution in [2.75, 3.05) is 11.9 Å². The van der Waals surface area contributed by atoms with E-state index in [4.69, 9.17) is 4.52 Å². The molecule has 1 amide bonds. The van der Waals surface area contributed by atoms with Crippen LogP contribution in [0.25, 0.3) is 11.5 Å². The van der Waals surface area contributed by atoms with E-state index in [9.17, 15) is 9.90 Å². The first-order valence-electron chi connectivity index (χ1n) is 11.7. The van der Waals surface area contributed by atoms with E-state index in [0.717, 1.165) is 47.7 Å². The van der Waals surface area contributed by atoms with Gasteiger partial charge in [0.25, 0.3) is 0 Å². The second-order valence-corrected chi connectivity index (χ2v) is 9.54. The van der Waals surface area contributed by atoms with Crippen LogP contribution >= 0.6 is 0 Å². The van der Waals surface area contributed by atoms with Gasteiger partial charge in [0, 0.05) is 43.2 Å². The quantitative estimate of drug-likeness (QED) is 0.467. The van der Waals surface area contributed by atoms with E-state index < -0.39 is 0 Å². The Morgan fingerprint density at radius 3 is 2.70 bits per heavy atom. The molecule has 33 heavy (non-hydrogen) atoms. The van der Waals surface area contributed by atoms with E-state index in [1.165, 1.54) is 0 Å². The molecule has 8 heteroatoms. The van der Waals surface area contributed by atoms with Gasteiger partial charge in [0.15, 0.2) is 11.5 Å². The largest absolute Gasteiger partial charge is 0.396 e. The fourth-order valence-electron chi connectivity index (χ4n) is 4.22. The predicted molar refractivity (Wildman–Crippen MR) is 126 cm³/mol. The highest BCUT2D eigenvalue weighted by atomic mass is 16.5. The third kappa shape index (κ3) is 5.50. The summed E-state index contributed by atoms with van der Waals surface area (Å²) in [5, 5.41) is 25.9. The molecule has 1 aliphatic rings. The number of aromatic nitrogens is 4. The molecule has 4 rings (SSSR count). The SMILES string of the molecule is Cc1ccc(NC(=O)C[C@@H](CCO)c2nnc(-c3cc(CC(C)C)on3)n2C2CC2)c(C)c1. The van der Waals surface area contributed by atoms with Gasteiger partial charge in [-0.25, -0.2) is 0 Å². The number of rotatable bonds is 10. The number of anilines is 1. The van der Waals surface area contributed by atoms with Crippen LogP contribution in [0.2, 0.25) is 0 Å². The number of nitrogens with zero attached hydrogens (tertiary/aromatic N) is 4. The molecule has 0 saturated heterocycles. The van der Waals surface area contributed by atoms with Crippen LogP contribution in [0.5, 0.6) is 0 Å². The fraction of sp³-hybridized carbons (Fsp3) is 0.520. The summed E-state index contributed by atoms with van der Waals surface area (Å²) in [5.74, 6) is 2.34. The molecule has 2 aromatic heterocycles. The first-order valence-corrected chi connectivity index (χ1v) is 11.7. The van der Waals surface area contributed by atoms with Crippen molar-refractivity contribution >= 4 is 11.6 Å². The normalized spacial score (nSPS) is 14.6. The van der Waals surface area contributed by atoms with Crippen LogP contribution < -0.4 is 5.32 Å². The number of carbonyl (C=O) groups is 1. The lowest BCUT2D eigenvalue weighted by atomic mass is 9.99. The average Bonchev–Trinajstić information content (AvgIpc) is 3.32. The summed E-state index contributed by atoms with van der Waals surface area (Å²) in [6, 6.07) is 8.17. The molecule has 1 fully saturated rings. The predicted octanol–water partition coefficient (Wildman–Crippen LogP) is 4.58. The van der Waals surface area contributed by atoms with Crippen LogP contribution in [0.1, 0.15) is 74.2 Å². The number of aliphatic hydroxyl groups is 1. The molecule has 2 heterocycles. The molecule has 2 N–H and O–H groups in total. The number of aliphatic hydroxyl groups excluding tert-OH is 1. The van der Waals surface area contributed by atoms with E-state index in [0.29, 0.717) is 29.9 Å². The van der Waals surface area contributed by atoms with Gasteiger partial charge in [0.2, 0.25) is 5.91 Å². The van der Waals surface area contributed by atoms with Gasteiger partial charge < -0.3 is 19.5 Å². The molecule has 8 nitrogen and oxygen atoms in total. The van der Waals surface area contributed by atoms with Crippen molar-refractivity contribution in [2.24, 2.45) is 5.92 Å². The summed E-state index contributed by atoms with van der Waals surface area (Å²) in [6.07, 6.45) is 3.53. The second kappa shape index (κ2) is 9.87. The molecule has 1 aliphatic carbocycles. The number of benzene rings is 1. The van der Waals surface area contributed by atoms with Gasteiger partial charge in [-0.3, -0.25) is 4.79 Å². The Labute approximate surface area is 194 Å². The van der Waals surface area contributed by atoms with Crippen LogP contribution in [0.15, 0.2) is 28.8 Å². The number of nitrogens with one attached hydrogen (secondary N) is 1. The monoisotopic (exact) mass is 451 g/mol. The summed E-state index contributed by atoms with van der Waals surface area (Å²) in [7, 11) is 0. The van der Waals surface area contributed by atoms with Crippen molar-refractivity contribution in [3.05, 3.63) is 47.0 Å². The van der Waals surface area contributed by atoms with Gasteiger partial charge in [0.05, 0.1) is 0 Å². The zero-order chi connectivity index (χ0) is 23.5. The van der Waals surface area contributed by atoms with Gasteiger partial charge in [0.1, 0.15) is 11.6 Å². The lowest BCUT2D eigenvalue weighted by molar-refractivity contribution is -0.116. The summed E-state index contributed by atoms with van der Waals surface area (Å²) in [6.45, 7) is 8.25. The highest BCUT2D eigenvalue weighted by Crippen LogP contribution is 2.41. The number of amides is 1. The van der Waals surface area contributed by atoms with Gasteiger partial charge in [-0.15, -0.1) is 10.2 Å². The Hall–Kier alpha value is -3.00. The summed E-state index contributed by atoms with van der Waals surface area (Å²) in [4.78, 5) is 12.9. The number of hydrogen-bond donors (Lipinski definition) is 2. The van der Waals surface area contributed by atoms with Crippen molar-refractivity contribution in [2.45, 2.75) is 71.8 Å². The molecule has 1 saturated carbocycles. The molecule has 0 aliphatic heterocycles. The molecular formula is C25H33N5O3. The fourth-order valence-corrected chi connectivity index (χ4v) is 4.22. The molecule has 1 aromatic carbocycles. The molecule has 0 unspecified atom stereocenters.